The zero-order valence-corrected chi connectivity index (χ0v) is 14.8. The predicted molar refractivity (Wildman–Crippen MR) is 96.1 cm³/mol. The minimum atomic E-state index is -4.45. The molecule has 134 valence electrons. The maximum Gasteiger partial charge on any atom is 0.416 e. The van der Waals surface area contributed by atoms with Crippen LogP contribution in [-0.2, 0) is 11.0 Å². The van der Waals surface area contributed by atoms with Crippen molar-refractivity contribution < 1.29 is 18.0 Å². The molecule has 1 N–H and O–H groups in total. The van der Waals surface area contributed by atoms with Crippen molar-refractivity contribution in [3.8, 4) is 10.6 Å². The zero-order chi connectivity index (χ0) is 18.6. The predicted octanol–water partition coefficient (Wildman–Crippen LogP) is 4.95. The third-order valence-corrected chi connectivity index (χ3v) is 5.05. The minimum Gasteiger partial charge on any atom is -0.325 e. The molecular formula is C17H12F3N3OS2. The molecule has 0 unspecified atom stereocenters. The Morgan fingerprint density at radius 2 is 1.96 bits per heavy atom. The molecule has 0 spiro atoms. The Hall–Kier alpha value is -2.39. The van der Waals surface area contributed by atoms with Crippen molar-refractivity contribution >= 4 is 34.7 Å². The van der Waals surface area contributed by atoms with E-state index in [0.717, 1.165) is 34.5 Å². The summed E-state index contributed by atoms with van der Waals surface area (Å²) >= 11 is 2.71. The quantitative estimate of drug-likeness (QED) is 0.621. The SMILES string of the molecule is O=C(CSc1ccc(-c2cccs2)nn1)Nc1cccc(C(F)(F)F)c1. The molecule has 1 aromatic carbocycles. The van der Waals surface area contributed by atoms with Crippen LogP contribution in [0.4, 0.5) is 18.9 Å². The van der Waals surface area contributed by atoms with Gasteiger partial charge in [0.15, 0.2) is 0 Å². The monoisotopic (exact) mass is 395 g/mol. The van der Waals surface area contributed by atoms with Gasteiger partial charge in [0, 0.05) is 5.69 Å². The number of hydrogen-bond donors (Lipinski definition) is 1. The van der Waals surface area contributed by atoms with E-state index < -0.39 is 17.6 Å². The molecule has 0 saturated carbocycles. The van der Waals surface area contributed by atoms with Gasteiger partial charge in [0.05, 0.1) is 16.2 Å². The number of aromatic nitrogens is 2. The Balaban J connectivity index is 1.56. The number of halogens is 3. The molecule has 0 aliphatic carbocycles. The van der Waals surface area contributed by atoms with Crippen LogP contribution in [0, 0.1) is 0 Å². The molecule has 0 atom stereocenters. The largest absolute Gasteiger partial charge is 0.416 e. The van der Waals surface area contributed by atoms with E-state index in [4.69, 9.17) is 0 Å². The molecule has 2 aromatic heterocycles. The Morgan fingerprint density at radius 3 is 2.62 bits per heavy atom. The Morgan fingerprint density at radius 1 is 1.12 bits per heavy atom. The number of thioether (sulfide) groups is 1. The van der Waals surface area contributed by atoms with Crippen LogP contribution in [0.2, 0.25) is 0 Å². The first kappa shape index (κ1) is 18.4. The fraction of sp³-hybridized carbons (Fsp3) is 0.118. The number of amides is 1. The zero-order valence-electron chi connectivity index (χ0n) is 13.2. The topological polar surface area (TPSA) is 54.9 Å². The first-order valence-electron chi connectivity index (χ1n) is 7.39. The number of hydrogen-bond acceptors (Lipinski definition) is 5. The van der Waals surface area contributed by atoms with Gasteiger partial charge in [-0.3, -0.25) is 4.79 Å². The molecule has 9 heteroatoms. The highest BCUT2D eigenvalue weighted by Crippen LogP contribution is 2.30. The lowest BCUT2D eigenvalue weighted by Crippen LogP contribution is -2.15. The van der Waals surface area contributed by atoms with Crippen LogP contribution in [0.5, 0.6) is 0 Å². The van der Waals surface area contributed by atoms with Crippen LogP contribution in [0.15, 0.2) is 58.9 Å². The highest BCUT2D eigenvalue weighted by molar-refractivity contribution is 7.99. The van der Waals surface area contributed by atoms with Gasteiger partial charge in [-0.05, 0) is 41.8 Å². The van der Waals surface area contributed by atoms with Crippen molar-refractivity contribution in [2.75, 3.05) is 11.1 Å². The van der Waals surface area contributed by atoms with Crippen LogP contribution in [0.3, 0.4) is 0 Å². The van der Waals surface area contributed by atoms with Gasteiger partial charge in [-0.25, -0.2) is 0 Å². The third kappa shape index (κ3) is 4.83. The van der Waals surface area contributed by atoms with E-state index in [1.165, 1.54) is 12.1 Å². The molecule has 26 heavy (non-hydrogen) atoms. The van der Waals surface area contributed by atoms with Crippen molar-refractivity contribution in [2.45, 2.75) is 11.2 Å². The summed E-state index contributed by atoms with van der Waals surface area (Å²) in [7, 11) is 0. The van der Waals surface area contributed by atoms with Crippen molar-refractivity contribution in [1.29, 1.82) is 0 Å². The van der Waals surface area contributed by atoms with E-state index >= 15 is 0 Å². The van der Waals surface area contributed by atoms with Gasteiger partial charge in [-0.2, -0.15) is 13.2 Å². The fourth-order valence-electron chi connectivity index (χ4n) is 2.06. The molecule has 0 aliphatic rings. The lowest BCUT2D eigenvalue weighted by molar-refractivity contribution is -0.137. The second-order valence-corrected chi connectivity index (χ2v) is 7.09. The highest BCUT2D eigenvalue weighted by Gasteiger charge is 2.30. The van der Waals surface area contributed by atoms with Gasteiger partial charge < -0.3 is 5.32 Å². The van der Waals surface area contributed by atoms with E-state index in [9.17, 15) is 18.0 Å². The fourth-order valence-corrected chi connectivity index (χ4v) is 3.37. The van der Waals surface area contributed by atoms with Crippen LogP contribution in [0.25, 0.3) is 10.6 Å². The number of benzene rings is 1. The minimum absolute atomic E-state index is 0.0171. The molecule has 0 aliphatic heterocycles. The van der Waals surface area contributed by atoms with E-state index in [1.54, 1.807) is 17.4 Å². The summed E-state index contributed by atoms with van der Waals surface area (Å²) in [6.07, 6.45) is -4.45. The average molecular weight is 395 g/mol. The van der Waals surface area contributed by atoms with E-state index in [0.29, 0.717) is 5.03 Å². The summed E-state index contributed by atoms with van der Waals surface area (Å²) in [6, 6.07) is 11.9. The summed E-state index contributed by atoms with van der Waals surface area (Å²) in [5.74, 6) is -0.401. The lowest BCUT2D eigenvalue weighted by Gasteiger charge is -2.09. The maximum atomic E-state index is 12.7. The molecule has 0 bridgehead atoms. The Bertz CT molecular complexity index is 881. The van der Waals surface area contributed by atoms with Gasteiger partial charge in [-0.1, -0.05) is 23.9 Å². The molecule has 0 fully saturated rings. The van der Waals surface area contributed by atoms with E-state index in [2.05, 4.69) is 15.5 Å². The number of carbonyl (C=O) groups excluding carboxylic acids is 1. The molecule has 4 nitrogen and oxygen atoms in total. The van der Waals surface area contributed by atoms with Gasteiger partial charge >= 0.3 is 6.18 Å². The van der Waals surface area contributed by atoms with Crippen molar-refractivity contribution in [3.63, 3.8) is 0 Å². The highest BCUT2D eigenvalue weighted by atomic mass is 32.2. The Kier molecular flexibility index (Phi) is 5.58. The molecule has 1 amide bonds. The summed E-state index contributed by atoms with van der Waals surface area (Å²) in [4.78, 5) is 12.9. The standard InChI is InChI=1S/C17H12F3N3OS2/c18-17(19,20)11-3-1-4-12(9-11)21-15(24)10-26-16-7-6-13(22-23-16)14-5-2-8-25-14/h1-9H,10H2,(H,21,24). The number of alkyl halides is 3. The molecule has 2 heterocycles. The maximum absolute atomic E-state index is 12.7. The number of anilines is 1. The second-order valence-electron chi connectivity index (χ2n) is 5.15. The first-order chi connectivity index (χ1) is 12.4. The van der Waals surface area contributed by atoms with Gasteiger partial charge in [0.2, 0.25) is 5.91 Å². The van der Waals surface area contributed by atoms with Gasteiger partial charge in [0.25, 0.3) is 0 Å². The van der Waals surface area contributed by atoms with Crippen LogP contribution in [0.1, 0.15) is 5.56 Å². The average Bonchev–Trinajstić information content (AvgIpc) is 3.14. The molecule has 0 radical (unpaired) electrons. The van der Waals surface area contributed by atoms with E-state index in [-0.39, 0.29) is 11.4 Å². The van der Waals surface area contributed by atoms with Gasteiger partial charge in [0.1, 0.15) is 10.7 Å². The Labute approximate surface area is 155 Å². The number of carbonyl (C=O) groups is 1. The normalized spacial score (nSPS) is 11.3. The van der Waals surface area contributed by atoms with Gasteiger partial charge in [-0.15, -0.1) is 21.5 Å². The summed E-state index contributed by atoms with van der Waals surface area (Å²) in [5, 5.41) is 13.1. The number of nitrogens with one attached hydrogen (secondary N) is 1. The van der Waals surface area contributed by atoms with Crippen molar-refractivity contribution in [3.05, 3.63) is 59.5 Å². The summed E-state index contributed by atoms with van der Waals surface area (Å²) < 4.78 is 38.0. The number of nitrogens with zero attached hydrogens (tertiary/aromatic N) is 2. The van der Waals surface area contributed by atoms with Crippen LogP contribution >= 0.6 is 23.1 Å². The summed E-state index contributed by atoms with van der Waals surface area (Å²) in [6.45, 7) is 0. The molecular weight excluding hydrogens is 383 g/mol. The van der Waals surface area contributed by atoms with Crippen molar-refractivity contribution in [1.82, 2.24) is 10.2 Å². The molecule has 3 aromatic rings. The first-order valence-corrected chi connectivity index (χ1v) is 9.26. The van der Waals surface area contributed by atoms with E-state index in [1.807, 2.05) is 23.6 Å². The molecule has 3 rings (SSSR count). The van der Waals surface area contributed by atoms with Crippen molar-refractivity contribution in [2.24, 2.45) is 0 Å². The number of thiophene rings is 1. The lowest BCUT2D eigenvalue weighted by atomic mass is 10.2. The second kappa shape index (κ2) is 7.88. The summed E-state index contributed by atoms with van der Waals surface area (Å²) in [5.41, 5.74) is 0.0419. The molecule has 0 saturated heterocycles. The van der Waals surface area contributed by atoms with Crippen LogP contribution < -0.4 is 5.32 Å². The van der Waals surface area contributed by atoms with Crippen LogP contribution in [-0.4, -0.2) is 21.9 Å². The number of rotatable bonds is 5. The smallest absolute Gasteiger partial charge is 0.325 e. The third-order valence-electron chi connectivity index (χ3n) is 3.24.